The predicted molar refractivity (Wildman–Crippen MR) is 120 cm³/mol. The van der Waals surface area contributed by atoms with Crippen molar-refractivity contribution in [2.24, 2.45) is 5.92 Å². The number of nitrogens with one attached hydrogen (secondary N) is 1. The van der Waals surface area contributed by atoms with Crippen LogP contribution in [0.4, 0.5) is 14.9 Å². The van der Waals surface area contributed by atoms with Crippen molar-refractivity contribution in [3.63, 3.8) is 0 Å². The Morgan fingerprint density at radius 1 is 1.27 bits per heavy atom. The number of nitrogens with zero attached hydrogens (tertiary/aromatic N) is 2. The van der Waals surface area contributed by atoms with Gasteiger partial charge in [-0.15, -0.1) is 0 Å². The van der Waals surface area contributed by atoms with Crippen molar-refractivity contribution in [2.75, 3.05) is 19.0 Å². The first-order chi connectivity index (χ1) is 15.9. The smallest absolute Gasteiger partial charge is 0.408 e. The van der Waals surface area contributed by atoms with Gasteiger partial charge in [-0.2, -0.15) is 0 Å². The van der Waals surface area contributed by atoms with Crippen molar-refractivity contribution in [3.05, 3.63) is 64.3 Å². The molecule has 1 aromatic carbocycles. The molecule has 33 heavy (non-hydrogen) atoms. The molecule has 0 bridgehead atoms. The molecule has 1 saturated heterocycles. The van der Waals surface area contributed by atoms with Crippen LogP contribution in [0, 0.1) is 11.7 Å². The molecule has 2 aromatic rings. The Labute approximate surface area is 191 Å². The Bertz CT molecular complexity index is 1080. The molecule has 1 saturated carbocycles. The molecule has 2 heterocycles. The molecule has 1 unspecified atom stereocenters. The highest BCUT2D eigenvalue weighted by Gasteiger charge is 2.40. The van der Waals surface area contributed by atoms with E-state index in [0.29, 0.717) is 11.5 Å². The van der Waals surface area contributed by atoms with Crippen LogP contribution in [0.1, 0.15) is 43.7 Å². The number of methoxy groups -OCH3 is 1. The lowest BCUT2D eigenvalue weighted by molar-refractivity contribution is -0.120. The van der Waals surface area contributed by atoms with Gasteiger partial charge in [-0.05, 0) is 42.5 Å². The second-order valence-corrected chi connectivity index (χ2v) is 8.76. The van der Waals surface area contributed by atoms with E-state index in [1.807, 2.05) is 0 Å². The maximum absolute atomic E-state index is 14.6. The number of benzene rings is 1. The lowest BCUT2D eigenvalue weighted by atomic mass is 9.99. The molecule has 2 amide bonds. The van der Waals surface area contributed by atoms with E-state index in [1.54, 1.807) is 29.0 Å². The van der Waals surface area contributed by atoms with Crippen LogP contribution >= 0.6 is 0 Å². The molecule has 1 aliphatic carbocycles. The summed E-state index contributed by atoms with van der Waals surface area (Å²) in [5.41, 5.74) is 0.517. The van der Waals surface area contributed by atoms with Crippen LogP contribution in [0.3, 0.4) is 0 Å². The molecule has 1 aliphatic heterocycles. The molecule has 2 N–H and O–H groups in total. The van der Waals surface area contributed by atoms with Crippen LogP contribution in [0.25, 0.3) is 0 Å². The zero-order chi connectivity index (χ0) is 23.5. The molecule has 2 fully saturated rings. The number of aromatic nitrogens is 1. The highest BCUT2D eigenvalue weighted by molar-refractivity contribution is 5.97. The van der Waals surface area contributed by atoms with E-state index in [2.05, 4.69) is 5.32 Å². The molecule has 0 radical (unpaired) electrons. The van der Waals surface area contributed by atoms with Gasteiger partial charge in [0.25, 0.3) is 5.56 Å². The third-order valence-electron chi connectivity index (χ3n) is 6.51. The van der Waals surface area contributed by atoms with Gasteiger partial charge < -0.3 is 19.7 Å². The average Bonchev–Trinajstić information content (AvgIpc) is 3.51. The van der Waals surface area contributed by atoms with Crippen molar-refractivity contribution < 1.29 is 23.8 Å². The van der Waals surface area contributed by atoms with E-state index in [-0.39, 0.29) is 30.3 Å². The number of carbonyl (C=O) groups excluding carboxylic acids is 1. The molecule has 4 rings (SSSR count). The fraction of sp³-hybridized carbons (Fsp3) is 0.458. The first kappa shape index (κ1) is 23.0. The van der Waals surface area contributed by atoms with E-state index in [4.69, 9.17) is 4.74 Å². The van der Waals surface area contributed by atoms with Crippen LogP contribution in [-0.2, 0) is 9.53 Å². The largest absolute Gasteiger partial charge is 0.465 e. The molecule has 3 atom stereocenters. The summed E-state index contributed by atoms with van der Waals surface area (Å²) >= 11 is 0. The Balaban J connectivity index is 1.59. The molecular weight excluding hydrogens is 429 g/mol. The van der Waals surface area contributed by atoms with Crippen molar-refractivity contribution in [1.29, 1.82) is 0 Å². The van der Waals surface area contributed by atoms with Gasteiger partial charge in [-0.1, -0.05) is 25.0 Å². The third kappa shape index (κ3) is 5.24. The molecule has 2 aliphatic rings. The van der Waals surface area contributed by atoms with Gasteiger partial charge in [0, 0.05) is 25.8 Å². The number of rotatable bonds is 8. The number of likely N-dealkylation sites (tertiary alicyclic amines) is 1. The number of hydrogen-bond acceptors (Lipinski definition) is 4. The minimum Gasteiger partial charge on any atom is -0.465 e. The Hall–Kier alpha value is -3.20. The van der Waals surface area contributed by atoms with Crippen LogP contribution in [-0.4, -0.2) is 52.4 Å². The van der Waals surface area contributed by atoms with Crippen molar-refractivity contribution in [1.82, 2.24) is 9.47 Å². The molecular formula is C24H28FN3O5. The topological polar surface area (TPSA) is 101 Å². The van der Waals surface area contributed by atoms with Gasteiger partial charge in [-0.25, -0.2) is 9.18 Å². The number of amides is 2. The maximum Gasteiger partial charge on any atom is 0.408 e. The van der Waals surface area contributed by atoms with E-state index in [1.165, 1.54) is 38.2 Å². The van der Waals surface area contributed by atoms with Gasteiger partial charge in [0.1, 0.15) is 11.9 Å². The summed E-state index contributed by atoms with van der Waals surface area (Å²) < 4.78 is 21.5. The van der Waals surface area contributed by atoms with Crippen LogP contribution in [0.15, 0.2) is 47.4 Å². The van der Waals surface area contributed by atoms with Crippen LogP contribution in [0.2, 0.25) is 0 Å². The highest BCUT2D eigenvalue weighted by atomic mass is 19.1. The monoisotopic (exact) mass is 457 g/mol. The van der Waals surface area contributed by atoms with Gasteiger partial charge >= 0.3 is 6.09 Å². The maximum atomic E-state index is 14.6. The van der Waals surface area contributed by atoms with E-state index in [0.717, 1.165) is 17.7 Å². The average molecular weight is 458 g/mol. The summed E-state index contributed by atoms with van der Waals surface area (Å²) in [6.07, 6.45) is 4.33. The predicted octanol–water partition coefficient (Wildman–Crippen LogP) is 3.47. The summed E-state index contributed by atoms with van der Waals surface area (Å²) in [5, 5.41) is 12.0. The number of ether oxygens (including phenoxy) is 1. The first-order valence-corrected chi connectivity index (χ1v) is 11.2. The molecule has 8 nitrogen and oxygen atoms in total. The summed E-state index contributed by atoms with van der Waals surface area (Å²) in [6, 6.07) is 8.11. The summed E-state index contributed by atoms with van der Waals surface area (Å²) in [4.78, 5) is 37.9. The second kappa shape index (κ2) is 9.74. The van der Waals surface area contributed by atoms with Crippen molar-refractivity contribution in [2.45, 2.75) is 50.3 Å². The van der Waals surface area contributed by atoms with Gasteiger partial charge in [0.15, 0.2) is 0 Å². The van der Waals surface area contributed by atoms with Gasteiger partial charge in [0.05, 0.1) is 24.4 Å². The number of anilines is 1. The number of carbonyl (C=O) groups is 2. The highest BCUT2D eigenvalue weighted by Crippen LogP contribution is 2.37. The summed E-state index contributed by atoms with van der Waals surface area (Å²) in [7, 11) is 1.46. The second-order valence-electron chi connectivity index (χ2n) is 8.76. The number of carboxylic acid groups (broad SMARTS) is 1. The molecule has 9 heteroatoms. The Morgan fingerprint density at radius 3 is 2.73 bits per heavy atom. The third-order valence-corrected chi connectivity index (χ3v) is 6.51. The van der Waals surface area contributed by atoms with Gasteiger partial charge in [-0.3, -0.25) is 14.5 Å². The van der Waals surface area contributed by atoms with Crippen LogP contribution < -0.4 is 10.9 Å². The number of pyridine rings is 1. The molecule has 1 aromatic heterocycles. The number of halogens is 1. The van der Waals surface area contributed by atoms with E-state index in [9.17, 15) is 23.9 Å². The lowest BCUT2D eigenvalue weighted by Gasteiger charge is -2.23. The summed E-state index contributed by atoms with van der Waals surface area (Å²) in [5.74, 6) is -0.583. The fourth-order valence-electron chi connectivity index (χ4n) is 4.45. The SMILES string of the molecule is CO[C@@H]1C[C@H](C(=O)Nc2cc(C(CCC3CC3)n3ccccc3=O)ccc2F)N(C(=O)O)C1. The zero-order valence-electron chi connectivity index (χ0n) is 18.4. The van der Waals surface area contributed by atoms with Crippen LogP contribution in [0.5, 0.6) is 0 Å². The zero-order valence-corrected chi connectivity index (χ0v) is 18.4. The number of hydrogen-bond donors (Lipinski definition) is 2. The van der Waals surface area contributed by atoms with Gasteiger partial charge in [0.2, 0.25) is 5.91 Å². The fourth-order valence-corrected chi connectivity index (χ4v) is 4.45. The quantitative estimate of drug-likeness (QED) is 0.632. The Morgan fingerprint density at radius 2 is 2.06 bits per heavy atom. The molecule has 0 spiro atoms. The van der Waals surface area contributed by atoms with Crippen molar-refractivity contribution >= 4 is 17.7 Å². The summed E-state index contributed by atoms with van der Waals surface area (Å²) in [6.45, 7) is 0.0760. The molecule has 176 valence electrons. The minimum atomic E-state index is -1.23. The first-order valence-electron chi connectivity index (χ1n) is 11.2. The van der Waals surface area contributed by atoms with E-state index < -0.39 is 30.0 Å². The standard InChI is InChI=1S/C24H28FN3O5/c1-33-17-13-21(28(14-17)24(31)32)23(30)26-19-12-16(8-9-18(19)25)20(10-7-15-5-6-15)27-11-3-2-4-22(27)29/h2-4,8-9,11-12,15,17,20-21H,5-7,10,13-14H2,1H3,(H,26,30)(H,31,32)/t17-,20?,21-/m1/s1. The Kier molecular flexibility index (Phi) is 6.78. The lowest BCUT2D eigenvalue weighted by Crippen LogP contribution is -2.42. The minimum absolute atomic E-state index is 0.0379. The van der Waals surface area contributed by atoms with E-state index >= 15 is 0 Å². The van der Waals surface area contributed by atoms with Crippen molar-refractivity contribution in [3.8, 4) is 0 Å². The normalized spacial score (nSPS) is 21.1.